The molecule has 0 atom stereocenters. The van der Waals surface area contributed by atoms with Crippen LogP contribution in [-0.2, 0) is 0 Å². The largest absolute Gasteiger partial charge is 0.490 e. The number of halogens is 1. The average Bonchev–Trinajstić information content (AvgIpc) is 2.85. The van der Waals surface area contributed by atoms with Crippen LogP contribution in [0.4, 0.5) is 4.39 Å². The summed E-state index contributed by atoms with van der Waals surface area (Å²) in [4.78, 5) is 10.6. The summed E-state index contributed by atoms with van der Waals surface area (Å²) in [6.45, 7) is 0.300. The Balaban J connectivity index is 1.77. The number of ether oxygens (including phenoxy) is 1. The van der Waals surface area contributed by atoms with E-state index < -0.39 is 11.8 Å². The number of rotatable bonds is 6. The highest BCUT2D eigenvalue weighted by molar-refractivity contribution is 7.99. The standard InChI is InChI=1S/C13H11FO4S/c14-9-3-1-2-4-10(9)17-7-8-19-12-6-5-11(18-12)13(15)16/h1-6H,7-8H2,(H,15,16). The molecule has 1 N–H and O–H groups in total. The summed E-state index contributed by atoms with van der Waals surface area (Å²) >= 11 is 1.31. The second-order valence-electron chi connectivity index (χ2n) is 3.55. The molecule has 6 heteroatoms. The molecule has 0 aliphatic rings. The summed E-state index contributed by atoms with van der Waals surface area (Å²) in [6, 6.07) is 9.13. The Labute approximate surface area is 113 Å². The number of carbonyl (C=O) groups is 1. The normalized spacial score (nSPS) is 10.4. The van der Waals surface area contributed by atoms with Gasteiger partial charge in [0.1, 0.15) is 0 Å². The highest BCUT2D eigenvalue weighted by atomic mass is 32.2. The van der Waals surface area contributed by atoms with Gasteiger partial charge >= 0.3 is 5.97 Å². The predicted molar refractivity (Wildman–Crippen MR) is 68.3 cm³/mol. The quantitative estimate of drug-likeness (QED) is 0.650. The molecule has 0 fully saturated rings. The maximum Gasteiger partial charge on any atom is 0.371 e. The maximum atomic E-state index is 13.2. The van der Waals surface area contributed by atoms with Crippen molar-refractivity contribution < 1.29 is 23.4 Å². The third kappa shape index (κ3) is 3.75. The fraction of sp³-hybridized carbons (Fsp3) is 0.154. The van der Waals surface area contributed by atoms with Gasteiger partial charge in [-0.05, 0) is 24.3 Å². The van der Waals surface area contributed by atoms with Gasteiger partial charge in [-0.25, -0.2) is 9.18 Å². The molecule has 100 valence electrons. The topological polar surface area (TPSA) is 59.7 Å². The lowest BCUT2D eigenvalue weighted by Crippen LogP contribution is -2.01. The van der Waals surface area contributed by atoms with Crippen LogP contribution >= 0.6 is 11.8 Å². The number of furan rings is 1. The van der Waals surface area contributed by atoms with Crippen LogP contribution in [0.2, 0.25) is 0 Å². The van der Waals surface area contributed by atoms with Crippen LogP contribution in [-0.4, -0.2) is 23.4 Å². The minimum absolute atomic E-state index is 0.0995. The second-order valence-corrected chi connectivity index (χ2v) is 4.65. The van der Waals surface area contributed by atoms with Gasteiger partial charge < -0.3 is 14.3 Å². The van der Waals surface area contributed by atoms with E-state index in [0.29, 0.717) is 17.5 Å². The van der Waals surface area contributed by atoms with Crippen molar-refractivity contribution in [1.82, 2.24) is 0 Å². The molecule has 2 rings (SSSR count). The summed E-state index contributed by atoms with van der Waals surface area (Å²) < 4.78 is 23.5. The molecular formula is C13H11FO4S. The first-order valence-electron chi connectivity index (χ1n) is 5.50. The molecular weight excluding hydrogens is 271 g/mol. The van der Waals surface area contributed by atoms with E-state index in [1.165, 1.54) is 23.9 Å². The highest BCUT2D eigenvalue weighted by Gasteiger charge is 2.09. The fourth-order valence-corrected chi connectivity index (χ4v) is 2.05. The van der Waals surface area contributed by atoms with E-state index in [4.69, 9.17) is 14.3 Å². The molecule has 1 aromatic heterocycles. The van der Waals surface area contributed by atoms with Crippen LogP contribution in [0.25, 0.3) is 0 Å². The van der Waals surface area contributed by atoms with Crippen molar-refractivity contribution in [3.63, 3.8) is 0 Å². The number of carboxylic acid groups (broad SMARTS) is 1. The van der Waals surface area contributed by atoms with Crippen molar-refractivity contribution in [1.29, 1.82) is 0 Å². The lowest BCUT2D eigenvalue weighted by Gasteiger charge is -2.05. The van der Waals surface area contributed by atoms with Crippen molar-refractivity contribution in [3.8, 4) is 5.75 Å². The summed E-state index contributed by atoms with van der Waals surface area (Å²) in [5.41, 5.74) is 0. The summed E-state index contributed by atoms with van der Waals surface area (Å²) in [5.74, 6) is -0.875. The van der Waals surface area contributed by atoms with E-state index in [1.54, 1.807) is 24.3 Å². The Hall–Kier alpha value is -1.95. The third-order valence-electron chi connectivity index (χ3n) is 2.21. The molecule has 0 aliphatic carbocycles. The fourth-order valence-electron chi connectivity index (χ4n) is 1.37. The van der Waals surface area contributed by atoms with E-state index in [1.807, 2.05) is 0 Å². The number of para-hydroxylation sites is 1. The zero-order chi connectivity index (χ0) is 13.7. The smallest absolute Gasteiger partial charge is 0.371 e. The van der Waals surface area contributed by atoms with Crippen LogP contribution in [0.3, 0.4) is 0 Å². The van der Waals surface area contributed by atoms with Gasteiger partial charge in [-0.1, -0.05) is 23.9 Å². The first-order valence-corrected chi connectivity index (χ1v) is 6.48. The number of hydrogen-bond acceptors (Lipinski definition) is 4. The van der Waals surface area contributed by atoms with Crippen LogP contribution in [0.15, 0.2) is 45.9 Å². The van der Waals surface area contributed by atoms with E-state index >= 15 is 0 Å². The van der Waals surface area contributed by atoms with E-state index in [0.717, 1.165) is 0 Å². The van der Waals surface area contributed by atoms with E-state index in [9.17, 15) is 9.18 Å². The van der Waals surface area contributed by atoms with Gasteiger partial charge in [0.2, 0.25) is 5.76 Å². The van der Waals surface area contributed by atoms with Crippen molar-refractivity contribution in [2.24, 2.45) is 0 Å². The molecule has 0 saturated heterocycles. The minimum atomic E-state index is -1.10. The van der Waals surface area contributed by atoms with Crippen molar-refractivity contribution in [2.75, 3.05) is 12.4 Å². The molecule has 0 saturated carbocycles. The van der Waals surface area contributed by atoms with Gasteiger partial charge in [-0.15, -0.1) is 0 Å². The monoisotopic (exact) mass is 282 g/mol. The molecule has 19 heavy (non-hydrogen) atoms. The molecule has 1 aromatic carbocycles. The van der Waals surface area contributed by atoms with Gasteiger partial charge in [-0.3, -0.25) is 0 Å². The van der Waals surface area contributed by atoms with Crippen molar-refractivity contribution in [2.45, 2.75) is 5.09 Å². The van der Waals surface area contributed by atoms with Crippen molar-refractivity contribution in [3.05, 3.63) is 48.0 Å². The number of carboxylic acids is 1. The molecule has 1 heterocycles. The number of benzene rings is 1. The molecule has 0 aliphatic heterocycles. The third-order valence-corrected chi connectivity index (χ3v) is 3.09. The zero-order valence-corrected chi connectivity index (χ0v) is 10.7. The summed E-state index contributed by atoms with van der Waals surface area (Å²) in [7, 11) is 0. The SMILES string of the molecule is O=C(O)c1ccc(SCCOc2ccccc2F)o1. The van der Waals surface area contributed by atoms with Crippen LogP contribution < -0.4 is 4.74 Å². The molecule has 0 radical (unpaired) electrons. The first-order chi connectivity index (χ1) is 9.16. The lowest BCUT2D eigenvalue weighted by molar-refractivity contribution is 0.0656. The second kappa shape index (κ2) is 6.29. The van der Waals surface area contributed by atoms with Gasteiger partial charge in [0.05, 0.1) is 6.61 Å². The Morgan fingerprint density at radius 2 is 2.11 bits per heavy atom. The van der Waals surface area contributed by atoms with Gasteiger partial charge in [0, 0.05) is 5.75 Å². The van der Waals surface area contributed by atoms with E-state index in [-0.39, 0.29) is 11.5 Å². The Kier molecular flexibility index (Phi) is 4.46. The Morgan fingerprint density at radius 1 is 1.32 bits per heavy atom. The molecule has 0 unspecified atom stereocenters. The first kappa shape index (κ1) is 13.5. The van der Waals surface area contributed by atoms with E-state index in [2.05, 4.69) is 0 Å². The molecule has 4 nitrogen and oxygen atoms in total. The number of thioether (sulfide) groups is 1. The molecule has 0 spiro atoms. The molecule has 2 aromatic rings. The number of hydrogen-bond donors (Lipinski definition) is 1. The Bertz CT molecular complexity index is 567. The minimum Gasteiger partial charge on any atom is -0.490 e. The predicted octanol–water partition coefficient (Wildman–Crippen LogP) is 3.29. The molecule has 0 bridgehead atoms. The average molecular weight is 282 g/mol. The van der Waals surface area contributed by atoms with Gasteiger partial charge in [0.15, 0.2) is 16.7 Å². The summed E-state index contributed by atoms with van der Waals surface area (Å²) in [6.07, 6.45) is 0. The Morgan fingerprint density at radius 3 is 2.79 bits per heavy atom. The summed E-state index contributed by atoms with van der Waals surface area (Å²) in [5, 5.41) is 9.17. The van der Waals surface area contributed by atoms with Gasteiger partial charge in [0.25, 0.3) is 0 Å². The van der Waals surface area contributed by atoms with Crippen LogP contribution in [0, 0.1) is 5.82 Å². The lowest BCUT2D eigenvalue weighted by atomic mass is 10.3. The van der Waals surface area contributed by atoms with Crippen LogP contribution in [0.1, 0.15) is 10.6 Å². The van der Waals surface area contributed by atoms with Gasteiger partial charge in [-0.2, -0.15) is 0 Å². The zero-order valence-electron chi connectivity index (χ0n) is 9.84. The molecule has 0 amide bonds. The highest BCUT2D eigenvalue weighted by Crippen LogP contribution is 2.21. The van der Waals surface area contributed by atoms with Crippen molar-refractivity contribution >= 4 is 17.7 Å². The number of aromatic carboxylic acids is 1. The van der Waals surface area contributed by atoms with Crippen LogP contribution in [0.5, 0.6) is 5.75 Å². The maximum absolute atomic E-state index is 13.2.